The molecular formula is C11H14BrNO2. The Hall–Kier alpha value is -1.03. The molecule has 0 spiro atoms. The smallest absolute Gasteiger partial charge is 0.328 e. The molecule has 0 fully saturated rings. The first-order chi connectivity index (χ1) is 7.15. The largest absolute Gasteiger partial charge is 0.464 e. The Kier molecular flexibility index (Phi) is 4.62. The predicted octanol–water partition coefficient (Wildman–Crippen LogP) is 2.81. The molecule has 0 aromatic heterocycles. The Morgan fingerprint density at radius 1 is 1.53 bits per heavy atom. The summed E-state index contributed by atoms with van der Waals surface area (Å²) in [4.78, 5) is 11.4. The van der Waals surface area contributed by atoms with E-state index in [4.69, 9.17) is 4.74 Å². The fourth-order valence-electron chi connectivity index (χ4n) is 1.14. The number of ether oxygens (including phenoxy) is 1. The van der Waals surface area contributed by atoms with Crippen LogP contribution in [-0.4, -0.2) is 18.6 Å². The number of anilines is 1. The number of carbonyl (C=O) groups excluding carboxylic acids is 1. The van der Waals surface area contributed by atoms with E-state index in [2.05, 4.69) is 21.2 Å². The highest BCUT2D eigenvalue weighted by molar-refractivity contribution is 9.10. The first kappa shape index (κ1) is 12.0. The number of hydrogen-bond acceptors (Lipinski definition) is 3. The van der Waals surface area contributed by atoms with E-state index in [-0.39, 0.29) is 12.0 Å². The average molecular weight is 272 g/mol. The van der Waals surface area contributed by atoms with Crippen molar-refractivity contribution in [1.82, 2.24) is 0 Å². The van der Waals surface area contributed by atoms with Gasteiger partial charge in [0.15, 0.2) is 0 Å². The minimum Gasteiger partial charge on any atom is -0.464 e. The zero-order chi connectivity index (χ0) is 11.3. The monoisotopic (exact) mass is 271 g/mol. The Bertz CT molecular complexity index is 341. The summed E-state index contributed by atoms with van der Waals surface area (Å²) in [6.07, 6.45) is 0. The zero-order valence-corrected chi connectivity index (χ0v) is 10.4. The minimum absolute atomic E-state index is 0.242. The zero-order valence-electron chi connectivity index (χ0n) is 8.79. The fraction of sp³-hybridized carbons (Fsp3) is 0.364. The molecule has 0 amide bonds. The van der Waals surface area contributed by atoms with Gasteiger partial charge in [0.25, 0.3) is 0 Å². The highest BCUT2D eigenvalue weighted by Gasteiger charge is 2.13. The van der Waals surface area contributed by atoms with Crippen LogP contribution in [0.15, 0.2) is 28.7 Å². The van der Waals surface area contributed by atoms with E-state index in [1.807, 2.05) is 24.3 Å². The van der Waals surface area contributed by atoms with Gasteiger partial charge in [-0.15, -0.1) is 0 Å². The quantitative estimate of drug-likeness (QED) is 0.856. The lowest BCUT2D eigenvalue weighted by molar-refractivity contribution is -0.143. The number of carbonyl (C=O) groups is 1. The summed E-state index contributed by atoms with van der Waals surface area (Å²) in [7, 11) is 0. The molecule has 0 saturated carbocycles. The topological polar surface area (TPSA) is 38.3 Å². The Morgan fingerprint density at radius 2 is 2.20 bits per heavy atom. The average Bonchev–Trinajstić information content (AvgIpc) is 2.21. The SMILES string of the molecule is CCOC(=O)C(C)Nc1ccccc1Br. The molecule has 82 valence electrons. The lowest BCUT2D eigenvalue weighted by Crippen LogP contribution is -2.28. The molecule has 0 aliphatic carbocycles. The van der Waals surface area contributed by atoms with Gasteiger partial charge in [-0.1, -0.05) is 12.1 Å². The highest BCUT2D eigenvalue weighted by Crippen LogP contribution is 2.21. The summed E-state index contributed by atoms with van der Waals surface area (Å²) in [6, 6.07) is 7.30. The lowest BCUT2D eigenvalue weighted by Gasteiger charge is -2.14. The molecule has 1 aromatic carbocycles. The first-order valence-corrected chi connectivity index (χ1v) is 5.62. The second-order valence-corrected chi connectivity index (χ2v) is 3.95. The summed E-state index contributed by atoms with van der Waals surface area (Å²) >= 11 is 3.40. The Morgan fingerprint density at radius 3 is 2.80 bits per heavy atom. The third-order valence-corrected chi connectivity index (χ3v) is 2.58. The molecule has 0 radical (unpaired) electrons. The molecule has 0 aliphatic rings. The summed E-state index contributed by atoms with van der Waals surface area (Å²) in [5.74, 6) is -0.242. The summed E-state index contributed by atoms with van der Waals surface area (Å²) in [5.41, 5.74) is 0.887. The van der Waals surface area contributed by atoms with Gasteiger partial charge in [-0.05, 0) is 41.9 Å². The highest BCUT2D eigenvalue weighted by atomic mass is 79.9. The molecule has 0 bridgehead atoms. The van der Waals surface area contributed by atoms with Crippen LogP contribution >= 0.6 is 15.9 Å². The number of esters is 1. The number of halogens is 1. The Balaban J connectivity index is 2.62. The van der Waals surface area contributed by atoms with E-state index >= 15 is 0 Å². The molecule has 1 N–H and O–H groups in total. The lowest BCUT2D eigenvalue weighted by atomic mass is 10.2. The maximum atomic E-state index is 11.4. The van der Waals surface area contributed by atoms with Crippen LogP contribution < -0.4 is 5.32 Å². The van der Waals surface area contributed by atoms with Crippen molar-refractivity contribution < 1.29 is 9.53 Å². The van der Waals surface area contributed by atoms with E-state index in [1.165, 1.54) is 0 Å². The number of nitrogens with one attached hydrogen (secondary N) is 1. The normalized spacial score (nSPS) is 11.9. The van der Waals surface area contributed by atoms with Crippen LogP contribution in [0.2, 0.25) is 0 Å². The number of para-hydroxylation sites is 1. The van der Waals surface area contributed by atoms with E-state index in [0.29, 0.717) is 6.61 Å². The van der Waals surface area contributed by atoms with Crippen LogP contribution in [0.5, 0.6) is 0 Å². The van der Waals surface area contributed by atoms with Crippen LogP contribution in [0.25, 0.3) is 0 Å². The van der Waals surface area contributed by atoms with Crippen molar-refractivity contribution in [2.45, 2.75) is 19.9 Å². The number of rotatable bonds is 4. The van der Waals surface area contributed by atoms with Crippen molar-refractivity contribution in [1.29, 1.82) is 0 Å². The third kappa shape index (κ3) is 3.55. The van der Waals surface area contributed by atoms with Crippen LogP contribution in [0.4, 0.5) is 5.69 Å². The van der Waals surface area contributed by atoms with Crippen molar-refractivity contribution in [2.75, 3.05) is 11.9 Å². The van der Waals surface area contributed by atoms with Gasteiger partial charge in [-0.3, -0.25) is 0 Å². The van der Waals surface area contributed by atoms with Crippen molar-refractivity contribution in [3.8, 4) is 0 Å². The molecule has 1 aromatic rings. The maximum Gasteiger partial charge on any atom is 0.328 e. The molecule has 0 heterocycles. The van der Waals surface area contributed by atoms with Gasteiger partial charge in [-0.2, -0.15) is 0 Å². The molecule has 15 heavy (non-hydrogen) atoms. The van der Waals surface area contributed by atoms with Crippen LogP contribution in [-0.2, 0) is 9.53 Å². The van der Waals surface area contributed by atoms with Crippen molar-refractivity contribution in [3.63, 3.8) is 0 Å². The molecular weight excluding hydrogens is 258 g/mol. The maximum absolute atomic E-state index is 11.4. The van der Waals surface area contributed by atoms with Gasteiger partial charge in [0.2, 0.25) is 0 Å². The van der Waals surface area contributed by atoms with Crippen LogP contribution in [0.3, 0.4) is 0 Å². The van der Waals surface area contributed by atoms with Gasteiger partial charge in [-0.25, -0.2) is 4.79 Å². The van der Waals surface area contributed by atoms with Crippen LogP contribution in [0, 0.1) is 0 Å². The second kappa shape index (κ2) is 5.75. The number of hydrogen-bond donors (Lipinski definition) is 1. The molecule has 3 nitrogen and oxygen atoms in total. The fourth-order valence-corrected chi connectivity index (χ4v) is 1.54. The van der Waals surface area contributed by atoms with Gasteiger partial charge in [0, 0.05) is 10.2 Å². The van der Waals surface area contributed by atoms with E-state index in [1.54, 1.807) is 13.8 Å². The van der Waals surface area contributed by atoms with Crippen molar-refractivity contribution in [3.05, 3.63) is 28.7 Å². The molecule has 1 atom stereocenters. The Labute approximate surface area is 97.9 Å². The molecule has 1 rings (SSSR count). The number of benzene rings is 1. The van der Waals surface area contributed by atoms with Gasteiger partial charge in [0.05, 0.1) is 6.61 Å². The van der Waals surface area contributed by atoms with Gasteiger partial charge >= 0.3 is 5.97 Å². The standard InChI is InChI=1S/C11H14BrNO2/c1-3-15-11(14)8(2)13-10-7-5-4-6-9(10)12/h4-8,13H,3H2,1-2H3. The van der Waals surface area contributed by atoms with E-state index < -0.39 is 0 Å². The molecule has 1 unspecified atom stereocenters. The van der Waals surface area contributed by atoms with Gasteiger partial charge < -0.3 is 10.1 Å². The summed E-state index contributed by atoms with van der Waals surface area (Å²) < 4.78 is 5.83. The van der Waals surface area contributed by atoms with Gasteiger partial charge in [0.1, 0.15) is 6.04 Å². The van der Waals surface area contributed by atoms with E-state index in [0.717, 1.165) is 10.2 Å². The van der Waals surface area contributed by atoms with E-state index in [9.17, 15) is 4.79 Å². The van der Waals surface area contributed by atoms with Crippen molar-refractivity contribution in [2.24, 2.45) is 0 Å². The minimum atomic E-state index is -0.344. The van der Waals surface area contributed by atoms with Crippen molar-refractivity contribution >= 4 is 27.6 Å². The molecule has 4 heteroatoms. The second-order valence-electron chi connectivity index (χ2n) is 3.10. The summed E-state index contributed by atoms with van der Waals surface area (Å²) in [5, 5.41) is 3.07. The predicted molar refractivity (Wildman–Crippen MR) is 63.9 cm³/mol. The molecule has 0 saturated heterocycles. The first-order valence-electron chi connectivity index (χ1n) is 4.83. The third-order valence-electron chi connectivity index (χ3n) is 1.89. The summed E-state index contributed by atoms with van der Waals surface area (Å²) in [6.45, 7) is 3.97. The molecule has 0 aliphatic heterocycles. The van der Waals surface area contributed by atoms with Crippen LogP contribution in [0.1, 0.15) is 13.8 Å².